The van der Waals surface area contributed by atoms with Gasteiger partial charge in [-0.15, -0.1) is 0 Å². The van der Waals surface area contributed by atoms with Crippen LogP contribution in [-0.4, -0.2) is 33.9 Å². The first-order chi connectivity index (χ1) is 14.9. The third kappa shape index (κ3) is 4.89. The SMILES string of the molecule is Cc1nc([C@@H]2CCN(Cc3ccc(Cl)c(F)c3)C2)ncc1C(=O)Nc1ccccc1F. The van der Waals surface area contributed by atoms with Crippen molar-refractivity contribution in [3.63, 3.8) is 0 Å². The van der Waals surface area contributed by atoms with Gasteiger partial charge < -0.3 is 5.32 Å². The van der Waals surface area contributed by atoms with E-state index in [1.54, 1.807) is 25.1 Å². The fourth-order valence-corrected chi connectivity index (χ4v) is 3.86. The Hall–Kier alpha value is -2.90. The maximum Gasteiger partial charge on any atom is 0.259 e. The minimum atomic E-state index is -0.502. The molecule has 2 aromatic carbocycles. The van der Waals surface area contributed by atoms with Crippen LogP contribution < -0.4 is 5.32 Å². The van der Waals surface area contributed by atoms with Crippen molar-refractivity contribution < 1.29 is 13.6 Å². The first-order valence-electron chi connectivity index (χ1n) is 9.96. The second-order valence-corrected chi connectivity index (χ2v) is 8.04. The largest absolute Gasteiger partial charge is 0.319 e. The van der Waals surface area contributed by atoms with E-state index < -0.39 is 17.5 Å². The summed E-state index contributed by atoms with van der Waals surface area (Å²) in [7, 11) is 0. The minimum absolute atomic E-state index is 0.112. The van der Waals surface area contributed by atoms with Crippen molar-refractivity contribution in [2.75, 3.05) is 18.4 Å². The average molecular weight is 443 g/mol. The molecule has 160 valence electrons. The molecule has 0 saturated carbocycles. The maximum absolute atomic E-state index is 13.8. The van der Waals surface area contributed by atoms with Crippen LogP contribution in [0.3, 0.4) is 0 Å². The molecule has 0 spiro atoms. The molecule has 2 heterocycles. The van der Waals surface area contributed by atoms with Crippen molar-refractivity contribution in [1.29, 1.82) is 0 Å². The summed E-state index contributed by atoms with van der Waals surface area (Å²) in [6.45, 7) is 3.94. The van der Waals surface area contributed by atoms with Crippen LogP contribution in [0.1, 0.15) is 39.8 Å². The summed E-state index contributed by atoms with van der Waals surface area (Å²) in [6, 6.07) is 10.8. The molecule has 0 radical (unpaired) electrons. The molecule has 0 bridgehead atoms. The predicted octanol–water partition coefficient (Wildman–Crippen LogP) is 4.96. The molecule has 8 heteroatoms. The molecule has 1 aliphatic heterocycles. The van der Waals surface area contributed by atoms with E-state index in [9.17, 15) is 13.6 Å². The smallest absolute Gasteiger partial charge is 0.259 e. The Balaban J connectivity index is 1.41. The van der Waals surface area contributed by atoms with E-state index in [0.717, 1.165) is 25.1 Å². The number of hydrogen-bond donors (Lipinski definition) is 1. The number of hydrogen-bond acceptors (Lipinski definition) is 4. The fraction of sp³-hybridized carbons (Fsp3) is 0.261. The molecule has 3 aromatic rings. The predicted molar refractivity (Wildman–Crippen MR) is 115 cm³/mol. The lowest BCUT2D eigenvalue weighted by molar-refractivity contribution is 0.102. The molecule has 0 unspecified atom stereocenters. The van der Waals surface area contributed by atoms with Gasteiger partial charge in [-0.3, -0.25) is 9.69 Å². The number of carbonyl (C=O) groups is 1. The van der Waals surface area contributed by atoms with Crippen LogP contribution in [0, 0.1) is 18.6 Å². The zero-order chi connectivity index (χ0) is 22.0. The Labute approximate surface area is 184 Å². The number of para-hydroxylation sites is 1. The summed E-state index contributed by atoms with van der Waals surface area (Å²) in [5, 5.41) is 2.67. The third-order valence-electron chi connectivity index (χ3n) is 5.39. The molecular formula is C23H21ClF2N4O. The molecule has 0 aliphatic carbocycles. The lowest BCUT2D eigenvalue weighted by Gasteiger charge is -2.16. The van der Waals surface area contributed by atoms with Gasteiger partial charge in [0, 0.05) is 25.2 Å². The molecule has 31 heavy (non-hydrogen) atoms. The van der Waals surface area contributed by atoms with Crippen LogP contribution in [0.4, 0.5) is 14.5 Å². The number of aromatic nitrogens is 2. The van der Waals surface area contributed by atoms with Crippen molar-refractivity contribution >= 4 is 23.2 Å². The topological polar surface area (TPSA) is 58.1 Å². The van der Waals surface area contributed by atoms with Gasteiger partial charge in [0.2, 0.25) is 0 Å². The molecule has 1 aliphatic rings. The summed E-state index contributed by atoms with van der Waals surface area (Å²) < 4.78 is 27.5. The molecule has 1 saturated heterocycles. The Kier molecular flexibility index (Phi) is 6.25. The highest BCUT2D eigenvalue weighted by Crippen LogP contribution is 2.27. The summed E-state index contributed by atoms with van der Waals surface area (Å²) in [6.07, 6.45) is 2.36. The van der Waals surface area contributed by atoms with Crippen molar-refractivity contribution in [1.82, 2.24) is 14.9 Å². The highest BCUT2D eigenvalue weighted by molar-refractivity contribution is 6.30. The van der Waals surface area contributed by atoms with Crippen molar-refractivity contribution in [2.24, 2.45) is 0 Å². The van der Waals surface area contributed by atoms with Gasteiger partial charge in [0.1, 0.15) is 17.5 Å². The second-order valence-electron chi connectivity index (χ2n) is 7.63. The molecular weight excluding hydrogens is 422 g/mol. The summed E-state index contributed by atoms with van der Waals surface area (Å²) >= 11 is 5.75. The van der Waals surface area contributed by atoms with Gasteiger partial charge in [-0.1, -0.05) is 29.8 Å². The number of carbonyl (C=O) groups excluding carboxylic acids is 1. The quantitative estimate of drug-likeness (QED) is 0.606. The van der Waals surface area contributed by atoms with Crippen molar-refractivity contribution in [3.8, 4) is 0 Å². The lowest BCUT2D eigenvalue weighted by atomic mass is 10.1. The average Bonchev–Trinajstić information content (AvgIpc) is 3.21. The van der Waals surface area contributed by atoms with Crippen molar-refractivity contribution in [3.05, 3.63) is 88.0 Å². The van der Waals surface area contributed by atoms with E-state index in [1.807, 2.05) is 6.07 Å². The highest BCUT2D eigenvalue weighted by atomic mass is 35.5. The minimum Gasteiger partial charge on any atom is -0.319 e. The van der Waals surface area contributed by atoms with Gasteiger partial charge >= 0.3 is 0 Å². The molecule has 1 fully saturated rings. The Morgan fingerprint density at radius 1 is 1.23 bits per heavy atom. The normalized spacial score (nSPS) is 16.5. The summed E-state index contributed by atoms with van der Waals surface area (Å²) in [4.78, 5) is 23.7. The van der Waals surface area contributed by atoms with E-state index in [4.69, 9.17) is 11.6 Å². The van der Waals surface area contributed by atoms with Crippen LogP contribution in [-0.2, 0) is 6.54 Å². The third-order valence-corrected chi connectivity index (χ3v) is 5.70. The van der Waals surface area contributed by atoms with E-state index in [1.165, 1.54) is 24.4 Å². The lowest BCUT2D eigenvalue weighted by Crippen LogP contribution is -2.21. The van der Waals surface area contributed by atoms with Crippen LogP contribution in [0.2, 0.25) is 5.02 Å². The highest BCUT2D eigenvalue weighted by Gasteiger charge is 2.27. The molecule has 1 amide bonds. The van der Waals surface area contributed by atoms with E-state index in [-0.39, 0.29) is 16.6 Å². The molecule has 1 N–H and O–H groups in total. The van der Waals surface area contributed by atoms with Gasteiger partial charge in [-0.25, -0.2) is 18.7 Å². The maximum atomic E-state index is 13.8. The van der Waals surface area contributed by atoms with Crippen LogP contribution in [0.25, 0.3) is 0 Å². The number of halogens is 3. The fourth-order valence-electron chi connectivity index (χ4n) is 3.74. The monoisotopic (exact) mass is 442 g/mol. The van der Waals surface area contributed by atoms with Gasteiger partial charge in [0.25, 0.3) is 5.91 Å². The number of likely N-dealkylation sites (tertiary alicyclic amines) is 1. The number of amides is 1. The van der Waals surface area contributed by atoms with E-state index in [0.29, 0.717) is 23.6 Å². The molecule has 5 nitrogen and oxygen atoms in total. The summed E-state index contributed by atoms with van der Waals surface area (Å²) in [5.41, 5.74) is 1.82. The number of anilines is 1. The Bertz CT molecular complexity index is 1120. The van der Waals surface area contributed by atoms with E-state index >= 15 is 0 Å². The number of nitrogens with zero attached hydrogens (tertiary/aromatic N) is 3. The Morgan fingerprint density at radius 2 is 2.03 bits per heavy atom. The van der Waals surface area contributed by atoms with Crippen LogP contribution >= 0.6 is 11.6 Å². The zero-order valence-corrected chi connectivity index (χ0v) is 17.7. The summed E-state index contributed by atoms with van der Waals surface area (Å²) in [5.74, 6) is -0.577. The molecule has 1 atom stereocenters. The van der Waals surface area contributed by atoms with Gasteiger partial charge in [0.15, 0.2) is 0 Å². The first-order valence-corrected chi connectivity index (χ1v) is 10.3. The van der Waals surface area contributed by atoms with Crippen LogP contribution in [0.5, 0.6) is 0 Å². The van der Waals surface area contributed by atoms with Crippen LogP contribution in [0.15, 0.2) is 48.7 Å². The number of rotatable bonds is 5. The Morgan fingerprint density at radius 3 is 2.77 bits per heavy atom. The van der Waals surface area contributed by atoms with Gasteiger partial charge in [0.05, 0.1) is 22.0 Å². The standard InChI is InChI=1S/C23H21ClF2N4O/c1-14-17(23(31)29-21-5-3-2-4-19(21)25)11-27-22(28-14)16-8-9-30(13-16)12-15-6-7-18(24)20(26)10-15/h2-7,10-11,16H,8-9,12-13H2,1H3,(H,29,31)/t16-/m1/s1. The number of aryl methyl sites for hydroxylation is 1. The number of nitrogens with one attached hydrogen (secondary N) is 1. The molecule has 1 aromatic heterocycles. The first kappa shape index (κ1) is 21.3. The zero-order valence-electron chi connectivity index (χ0n) is 16.9. The number of benzene rings is 2. The molecule has 4 rings (SSSR count). The second kappa shape index (κ2) is 9.08. The van der Waals surface area contributed by atoms with Crippen molar-refractivity contribution in [2.45, 2.75) is 25.8 Å². The van der Waals surface area contributed by atoms with E-state index in [2.05, 4.69) is 20.2 Å². The van der Waals surface area contributed by atoms with Gasteiger partial charge in [-0.2, -0.15) is 0 Å². The van der Waals surface area contributed by atoms with Gasteiger partial charge in [-0.05, 0) is 49.7 Å².